The number of amides is 2. The lowest BCUT2D eigenvalue weighted by molar-refractivity contribution is -0.156. The summed E-state index contributed by atoms with van der Waals surface area (Å²) in [5.41, 5.74) is 0.822. The Kier molecular flexibility index (Phi) is 15.0. The van der Waals surface area contributed by atoms with Crippen LogP contribution >= 0.6 is 0 Å². The maximum Gasteiger partial charge on any atom is 0.317 e. The Labute approximate surface area is 227 Å². The molecule has 0 aliphatic carbocycles. The number of rotatable bonds is 17. The summed E-state index contributed by atoms with van der Waals surface area (Å²) in [4.78, 5) is 25.6. The second-order valence-electron chi connectivity index (χ2n) is 9.13. The van der Waals surface area contributed by atoms with Gasteiger partial charge in [-0.15, -0.1) is 0 Å². The highest BCUT2D eigenvalue weighted by Crippen LogP contribution is 2.14. The molecule has 5 unspecified atom stereocenters. The van der Waals surface area contributed by atoms with Crippen molar-refractivity contribution < 1.29 is 54.4 Å². The second-order valence-corrected chi connectivity index (χ2v) is 9.13. The molecule has 1 fully saturated rings. The van der Waals surface area contributed by atoms with E-state index in [1.54, 1.807) is 29.2 Å². The molecular formula is C25H41N3O11. The van der Waals surface area contributed by atoms with E-state index in [2.05, 4.69) is 10.6 Å². The number of aryl methyl sites for hydroxylation is 1. The SMILES string of the molecule is O=C(CCc1ccc(OCC(O)CNCCNC(=O)N2CCOCC2)cc1)OCC(O)C(O)C(O)C(O)CO. The number of esters is 1. The quantitative estimate of drug-likeness (QED) is 0.0708. The molecule has 14 nitrogen and oxygen atoms in total. The van der Waals surface area contributed by atoms with Gasteiger partial charge in [0.05, 0.1) is 19.8 Å². The average Bonchev–Trinajstić information content (AvgIpc) is 2.97. The first-order chi connectivity index (χ1) is 18.7. The number of nitrogens with zero attached hydrogens (tertiary/aromatic N) is 1. The number of nitrogens with one attached hydrogen (secondary N) is 2. The van der Waals surface area contributed by atoms with Gasteiger partial charge in [0.15, 0.2) is 0 Å². The number of ether oxygens (including phenoxy) is 3. The van der Waals surface area contributed by atoms with Crippen LogP contribution in [0.3, 0.4) is 0 Å². The molecule has 0 bridgehead atoms. The molecule has 0 saturated carbocycles. The summed E-state index contributed by atoms with van der Waals surface area (Å²) >= 11 is 0. The van der Waals surface area contributed by atoms with E-state index in [4.69, 9.17) is 19.3 Å². The molecule has 1 saturated heterocycles. The van der Waals surface area contributed by atoms with Gasteiger partial charge in [0, 0.05) is 39.1 Å². The predicted molar refractivity (Wildman–Crippen MR) is 137 cm³/mol. The van der Waals surface area contributed by atoms with E-state index in [-0.39, 0.29) is 19.1 Å². The topological polar surface area (TPSA) is 211 Å². The van der Waals surface area contributed by atoms with Crippen molar-refractivity contribution in [1.82, 2.24) is 15.5 Å². The zero-order valence-corrected chi connectivity index (χ0v) is 21.9. The third kappa shape index (κ3) is 12.4. The molecule has 1 aliphatic rings. The molecule has 39 heavy (non-hydrogen) atoms. The Hall–Kier alpha value is -2.56. The molecule has 14 heteroatoms. The lowest BCUT2D eigenvalue weighted by atomic mass is 10.0. The van der Waals surface area contributed by atoms with E-state index in [0.29, 0.717) is 58.1 Å². The Morgan fingerprint density at radius 3 is 2.28 bits per heavy atom. The van der Waals surface area contributed by atoms with E-state index < -0.39 is 49.7 Å². The molecule has 1 heterocycles. The number of benzene rings is 1. The summed E-state index contributed by atoms with van der Waals surface area (Å²) in [6, 6.07) is 6.80. The second kappa shape index (κ2) is 17.9. The van der Waals surface area contributed by atoms with Gasteiger partial charge in [-0.05, 0) is 24.1 Å². The van der Waals surface area contributed by atoms with E-state index in [1.165, 1.54) is 0 Å². The van der Waals surface area contributed by atoms with Gasteiger partial charge in [-0.2, -0.15) is 0 Å². The summed E-state index contributed by atoms with van der Waals surface area (Å²) in [6.45, 7) is 2.14. The van der Waals surface area contributed by atoms with Crippen LogP contribution in [0.15, 0.2) is 24.3 Å². The lowest BCUT2D eigenvalue weighted by Crippen LogP contribution is -2.47. The Morgan fingerprint density at radius 2 is 1.62 bits per heavy atom. The number of hydrogen-bond donors (Lipinski definition) is 8. The first kappa shape index (κ1) is 32.7. The zero-order valence-electron chi connectivity index (χ0n) is 21.9. The average molecular weight is 560 g/mol. The molecule has 1 aliphatic heterocycles. The third-order valence-electron chi connectivity index (χ3n) is 5.98. The van der Waals surface area contributed by atoms with E-state index in [1.807, 2.05) is 0 Å². The van der Waals surface area contributed by atoms with Crippen molar-refractivity contribution in [2.75, 3.05) is 65.8 Å². The molecule has 8 N–H and O–H groups in total. The fraction of sp³-hybridized carbons (Fsp3) is 0.680. The van der Waals surface area contributed by atoms with Gasteiger partial charge in [-0.1, -0.05) is 12.1 Å². The molecule has 0 radical (unpaired) electrons. The van der Waals surface area contributed by atoms with Crippen LogP contribution in [-0.2, 0) is 20.7 Å². The normalized spacial score (nSPS) is 17.5. The smallest absolute Gasteiger partial charge is 0.317 e. The Morgan fingerprint density at radius 1 is 0.949 bits per heavy atom. The minimum absolute atomic E-state index is 0.00211. The van der Waals surface area contributed by atoms with E-state index >= 15 is 0 Å². The van der Waals surface area contributed by atoms with Gasteiger partial charge in [-0.25, -0.2) is 4.79 Å². The third-order valence-corrected chi connectivity index (χ3v) is 5.98. The lowest BCUT2D eigenvalue weighted by Gasteiger charge is -2.27. The highest BCUT2D eigenvalue weighted by molar-refractivity contribution is 5.74. The van der Waals surface area contributed by atoms with Crippen molar-refractivity contribution in [1.29, 1.82) is 0 Å². The minimum atomic E-state index is -1.80. The van der Waals surface area contributed by atoms with Crippen LogP contribution in [-0.4, -0.2) is 144 Å². The monoisotopic (exact) mass is 559 g/mol. The van der Waals surface area contributed by atoms with Crippen molar-refractivity contribution in [3.05, 3.63) is 29.8 Å². The molecule has 5 atom stereocenters. The molecule has 2 amide bonds. The van der Waals surface area contributed by atoms with E-state index in [0.717, 1.165) is 5.56 Å². The van der Waals surface area contributed by atoms with Crippen molar-refractivity contribution in [3.63, 3.8) is 0 Å². The summed E-state index contributed by atoms with van der Waals surface area (Å²) in [5, 5.41) is 63.1. The maximum absolute atomic E-state index is 12.0. The minimum Gasteiger partial charge on any atom is -0.491 e. The van der Waals surface area contributed by atoms with E-state index in [9.17, 15) is 35.1 Å². The van der Waals surface area contributed by atoms with Crippen LogP contribution in [0.2, 0.25) is 0 Å². The van der Waals surface area contributed by atoms with Crippen LogP contribution in [0.5, 0.6) is 5.75 Å². The van der Waals surface area contributed by atoms with Gasteiger partial charge in [-0.3, -0.25) is 4.79 Å². The first-order valence-corrected chi connectivity index (χ1v) is 12.9. The first-order valence-electron chi connectivity index (χ1n) is 12.9. The maximum atomic E-state index is 12.0. The zero-order chi connectivity index (χ0) is 28.6. The molecular weight excluding hydrogens is 518 g/mol. The van der Waals surface area contributed by atoms with Crippen molar-refractivity contribution >= 4 is 12.0 Å². The van der Waals surface area contributed by atoms with Crippen LogP contribution in [0.4, 0.5) is 4.79 Å². The van der Waals surface area contributed by atoms with Crippen LogP contribution in [0.1, 0.15) is 12.0 Å². The fourth-order valence-electron chi connectivity index (χ4n) is 3.57. The van der Waals surface area contributed by atoms with Gasteiger partial charge in [0.25, 0.3) is 0 Å². The number of urea groups is 1. The molecule has 0 aromatic heterocycles. The molecule has 2 rings (SSSR count). The number of carbonyl (C=O) groups is 2. The number of aliphatic hydroxyl groups excluding tert-OH is 6. The number of morpholine rings is 1. The van der Waals surface area contributed by atoms with Crippen molar-refractivity contribution in [2.45, 2.75) is 43.4 Å². The van der Waals surface area contributed by atoms with Crippen LogP contribution in [0.25, 0.3) is 0 Å². The highest BCUT2D eigenvalue weighted by Gasteiger charge is 2.30. The Bertz CT molecular complexity index is 839. The fourth-order valence-corrected chi connectivity index (χ4v) is 3.57. The van der Waals surface area contributed by atoms with Crippen molar-refractivity contribution in [3.8, 4) is 5.75 Å². The summed E-state index contributed by atoms with van der Waals surface area (Å²) in [5.74, 6) is -0.0889. The van der Waals surface area contributed by atoms with Gasteiger partial charge in [0.1, 0.15) is 49.5 Å². The Balaban J connectivity index is 1.56. The largest absolute Gasteiger partial charge is 0.491 e. The molecule has 1 aromatic carbocycles. The summed E-state index contributed by atoms with van der Waals surface area (Å²) in [6.07, 6.45) is -7.26. The van der Waals surface area contributed by atoms with Crippen LogP contribution in [0, 0.1) is 0 Å². The standard InChI is InChI=1S/C25H41N3O11/c29-14-20(31)23(34)24(35)21(32)16-39-22(33)6-3-17-1-4-19(5-2-17)38-15-18(30)13-26-7-8-27-25(36)28-9-11-37-12-10-28/h1-2,4-5,18,20-21,23-24,26,29-32,34-35H,3,6-16H2,(H,27,36). The number of carbonyl (C=O) groups excluding carboxylic acids is 2. The summed E-state index contributed by atoms with van der Waals surface area (Å²) in [7, 11) is 0. The number of aliphatic hydroxyl groups is 6. The van der Waals surface area contributed by atoms with Crippen LogP contribution < -0.4 is 15.4 Å². The van der Waals surface area contributed by atoms with Gasteiger partial charge in [0.2, 0.25) is 0 Å². The van der Waals surface area contributed by atoms with Gasteiger partial charge < -0.3 is 60.4 Å². The van der Waals surface area contributed by atoms with Gasteiger partial charge >= 0.3 is 12.0 Å². The molecule has 222 valence electrons. The summed E-state index contributed by atoms with van der Waals surface area (Å²) < 4.78 is 15.7. The van der Waals surface area contributed by atoms with Crippen molar-refractivity contribution in [2.24, 2.45) is 0 Å². The number of hydrogen-bond acceptors (Lipinski definition) is 12. The molecule has 0 spiro atoms. The highest BCUT2D eigenvalue weighted by atomic mass is 16.5. The predicted octanol–water partition coefficient (Wildman–Crippen LogP) is -3.03. The molecule has 1 aromatic rings.